The molecule has 0 spiro atoms. The number of para-hydroxylation sites is 1. The Labute approximate surface area is 133 Å². The number of nitrogens with zero attached hydrogens (tertiary/aromatic N) is 2. The molecule has 21 heavy (non-hydrogen) atoms. The molecule has 0 bridgehead atoms. The summed E-state index contributed by atoms with van der Waals surface area (Å²) in [5.74, 6) is 1.61. The van der Waals surface area contributed by atoms with Crippen LogP contribution in [0.2, 0.25) is 0 Å². The predicted molar refractivity (Wildman–Crippen MR) is 91.3 cm³/mol. The van der Waals surface area contributed by atoms with Gasteiger partial charge in [0.25, 0.3) is 0 Å². The zero-order valence-corrected chi connectivity index (χ0v) is 14.0. The van der Waals surface area contributed by atoms with Gasteiger partial charge in [-0.05, 0) is 24.3 Å². The number of pyridine rings is 1. The van der Waals surface area contributed by atoms with E-state index in [4.69, 9.17) is 4.74 Å². The minimum absolute atomic E-state index is 0.786. The van der Waals surface area contributed by atoms with Crippen molar-refractivity contribution in [2.24, 2.45) is 0 Å². The van der Waals surface area contributed by atoms with E-state index >= 15 is 0 Å². The zero-order valence-electron chi connectivity index (χ0n) is 12.4. The first-order valence-corrected chi connectivity index (χ1v) is 8.62. The molecule has 110 valence electrons. The second-order valence-corrected chi connectivity index (χ2v) is 6.18. The minimum atomic E-state index is 0.786. The summed E-state index contributed by atoms with van der Waals surface area (Å²) in [6.45, 7) is 4.00. The monoisotopic (exact) mass is 318 g/mol. The molecule has 0 aliphatic carbocycles. The average molecular weight is 318 g/mol. The summed E-state index contributed by atoms with van der Waals surface area (Å²) in [7, 11) is 1.65. The number of methoxy groups -OCH3 is 1. The topological polar surface area (TPSA) is 35.0 Å². The summed E-state index contributed by atoms with van der Waals surface area (Å²) in [6.07, 6.45) is 1.74. The number of thioether (sulfide) groups is 1. The first-order valence-electron chi connectivity index (χ1n) is 6.82. The van der Waals surface area contributed by atoms with E-state index in [0.29, 0.717) is 0 Å². The first kappa shape index (κ1) is 15.8. The lowest BCUT2D eigenvalue weighted by atomic mass is 10.3. The number of ether oxygens (including phenoxy) is 1. The lowest BCUT2D eigenvalue weighted by Gasteiger charge is -2.00. The van der Waals surface area contributed by atoms with Crippen LogP contribution in [0.4, 0.5) is 0 Å². The maximum Gasteiger partial charge on any atom is 0.151 e. The lowest BCUT2D eigenvalue weighted by molar-refractivity contribution is 0.412. The Morgan fingerprint density at radius 3 is 2.62 bits per heavy atom. The number of hydrogen-bond acceptors (Lipinski definition) is 5. The van der Waals surface area contributed by atoms with E-state index in [0.717, 1.165) is 27.1 Å². The number of thiazole rings is 1. The smallest absolute Gasteiger partial charge is 0.151 e. The molecule has 0 radical (unpaired) electrons. The fourth-order valence-corrected chi connectivity index (χ4v) is 3.65. The van der Waals surface area contributed by atoms with E-state index in [-0.39, 0.29) is 0 Å². The summed E-state index contributed by atoms with van der Waals surface area (Å²) in [6, 6.07) is 12.1. The van der Waals surface area contributed by atoms with Crippen molar-refractivity contribution >= 4 is 33.3 Å². The van der Waals surface area contributed by atoms with E-state index in [1.807, 2.05) is 44.2 Å². The van der Waals surface area contributed by atoms with E-state index in [1.165, 1.54) is 4.70 Å². The predicted octanol–water partition coefficient (Wildman–Crippen LogP) is 5.02. The molecule has 3 rings (SSSR count). The van der Waals surface area contributed by atoms with Gasteiger partial charge in [0.15, 0.2) is 4.34 Å². The van der Waals surface area contributed by atoms with Crippen molar-refractivity contribution in [3.63, 3.8) is 0 Å². The molecule has 3 nitrogen and oxygen atoms in total. The van der Waals surface area contributed by atoms with Gasteiger partial charge in [0.2, 0.25) is 0 Å². The van der Waals surface area contributed by atoms with Crippen LogP contribution in [-0.4, -0.2) is 17.1 Å². The van der Waals surface area contributed by atoms with Gasteiger partial charge in [-0.3, -0.25) is 4.98 Å². The highest BCUT2D eigenvalue weighted by Crippen LogP contribution is 2.31. The molecule has 0 atom stereocenters. The van der Waals surface area contributed by atoms with Crippen molar-refractivity contribution in [2.75, 3.05) is 7.11 Å². The molecule has 0 saturated heterocycles. The summed E-state index contributed by atoms with van der Waals surface area (Å²) in [5, 5.41) is 0. The Morgan fingerprint density at radius 2 is 1.95 bits per heavy atom. The Balaban J connectivity index is 0.000000774. The van der Waals surface area contributed by atoms with Crippen LogP contribution in [0.5, 0.6) is 5.75 Å². The van der Waals surface area contributed by atoms with Gasteiger partial charge in [0.05, 0.1) is 29.2 Å². The van der Waals surface area contributed by atoms with Gasteiger partial charge in [-0.15, -0.1) is 11.3 Å². The third-order valence-electron chi connectivity index (χ3n) is 2.65. The molecule has 0 amide bonds. The molecule has 0 N–H and O–H groups in total. The van der Waals surface area contributed by atoms with Crippen molar-refractivity contribution < 1.29 is 4.74 Å². The summed E-state index contributed by atoms with van der Waals surface area (Å²) >= 11 is 3.44. The largest absolute Gasteiger partial charge is 0.495 e. The molecule has 2 aromatic heterocycles. The Morgan fingerprint density at radius 1 is 1.14 bits per heavy atom. The van der Waals surface area contributed by atoms with Crippen LogP contribution in [0, 0.1) is 0 Å². The van der Waals surface area contributed by atoms with Crippen LogP contribution in [-0.2, 0) is 5.75 Å². The molecule has 0 aliphatic rings. The van der Waals surface area contributed by atoms with Crippen molar-refractivity contribution in [3.05, 3.63) is 48.3 Å². The summed E-state index contributed by atoms with van der Waals surface area (Å²) in [4.78, 5) is 8.94. The molecule has 2 heterocycles. The third-order valence-corrected chi connectivity index (χ3v) is 4.86. The Bertz CT molecular complexity index is 647. The zero-order chi connectivity index (χ0) is 15.1. The van der Waals surface area contributed by atoms with Crippen LogP contribution >= 0.6 is 23.1 Å². The van der Waals surface area contributed by atoms with Crippen LogP contribution < -0.4 is 4.74 Å². The van der Waals surface area contributed by atoms with Gasteiger partial charge in [-0.25, -0.2) is 4.98 Å². The van der Waals surface area contributed by atoms with Crippen LogP contribution in [0.1, 0.15) is 19.5 Å². The quantitative estimate of drug-likeness (QED) is 0.633. The van der Waals surface area contributed by atoms with Gasteiger partial charge in [0.1, 0.15) is 5.75 Å². The Hall–Kier alpha value is -1.59. The second kappa shape index (κ2) is 8.00. The van der Waals surface area contributed by atoms with Crippen LogP contribution in [0.3, 0.4) is 0 Å². The third kappa shape index (κ3) is 4.19. The van der Waals surface area contributed by atoms with Crippen molar-refractivity contribution in [3.8, 4) is 5.75 Å². The van der Waals surface area contributed by atoms with Crippen molar-refractivity contribution in [2.45, 2.75) is 23.9 Å². The van der Waals surface area contributed by atoms with Gasteiger partial charge >= 0.3 is 0 Å². The average Bonchev–Trinajstić information content (AvgIpc) is 2.98. The minimum Gasteiger partial charge on any atom is -0.495 e. The fraction of sp³-hybridized carbons (Fsp3) is 0.250. The van der Waals surface area contributed by atoms with Crippen molar-refractivity contribution in [1.82, 2.24) is 9.97 Å². The normalized spacial score (nSPS) is 10.0. The SMILES string of the molecule is CC.COc1ccc(CSc2nc3ccccc3s2)nc1. The maximum absolute atomic E-state index is 5.09. The molecule has 1 aromatic carbocycles. The second-order valence-electron chi connectivity index (χ2n) is 3.93. The number of fused-ring (bicyclic) bond motifs is 1. The highest BCUT2D eigenvalue weighted by Gasteiger charge is 2.04. The maximum atomic E-state index is 5.09. The van der Waals surface area contributed by atoms with Crippen LogP contribution in [0.15, 0.2) is 46.9 Å². The number of rotatable bonds is 4. The standard InChI is InChI=1S/C14H12N2OS2.C2H6/c1-17-11-7-6-10(15-8-11)9-18-14-16-12-4-2-3-5-13(12)19-14;1-2/h2-8H,9H2,1H3;1-2H3. The molecule has 3 aromatic rings. The van der Waals surface area contributed by atoms with E-state index in [2.05, 4.69) is 16.0 Å². The Kier molecular flexibility index (Phi) is 6.02. The van der Waals surface area contributed by atoms with Gasteiger partial charge in [0, 0.05) is 5.75 Å². The van der Waals surface area contributed by atoms with Crippen LogP contribution in [0.25, 0.3) is 10.2 Å². The van der Waals surface area contributed by atoms with Gasteiger partial charge < -0.3 is 4.74 Å². The highest BCUT2D eigenvalue weighted by atomic mass is 32.2. The molecular weight excluding hydrogens is 300 g/mol. The molecule has 5 heteroatoms. The number of benzene rings is 1. The number of aromatic nitrogens is 2. The number of hydrogen-bond donors (Lipinski definition) is 0. The van der Waals surface area contributed by atoms with Crippen molar-refractivity contribution in [1.29, 1.82) is 0 Å². The summed E-state index contributed by atoms with van der Waals surface area (Å²) in [5.41, 5.74) is 2.10. The van der Waals surface area contributed by atoms with Gasteiger partial charge in [-0.2, -0.15) is 0 Å². The van der Waals surface area contributed by atoms with E-state index in [9.17, 15) is 0 Å². The first-order chi connectivity index (χ1) is 10.3. The molecule has 0 fully saturated rings. The molecule has 0 unspecified atom stereocenters. The molecule has 0 aliphatic heterocycles. The van der Waals surface area contributed by atoms with E-state index < -0.39 is 0 Å². The lowest BCUT2D eigenvalue weighted by Crippen LogP contribution is -1.88. The summed E-state index contributed by atoms with van der Waals surface area (Å²) < 4.78 is 7.40. The van der Waals surface area contributed by atoms with Gasteiger partial charge in [-0.1, -0.05) is 37.7 Å². The fourth-order valence-electron chi connectivity index (χ4n) is 1.67. The molecule has 0 saturated carbocycles. The molecular formula is C16H18N2OS2. The highest BCUT2D eigenvalue weighted by molar-refractivity contribution is 8.00. The van der Waals surface area contributed by atoms with E-state index in [1.54, 1.807) is 36.4 Å².